The molecular formula is C10H16N2O4. The first kappa shape index (κ1) is 12.7. The van der Waals surface area contributed by atoms with Gasteiger partial charge in [-0.2, -0.15) is 0 Å². The number of rotatable bonds is 6. The van der Waals surface area contributed by atoms with Gasteiger partial charge in [-0.15, -0.1) is 0 Å². The third-order valence-electron chi connectivity index (χ3n) is 1.88. The lowest BCUT2D eigenvalue weighted by atomic mass is 10.3. The Morgan fingerprint density at radius 3 is 2.81 bits per heavy atom. The molecule has 2 N–H and O–H groups in total. The summed E-state index contributed by atoms with van der Waals surface area (Å²) < 4.78 is 10.1. The number of hydrogen-bond acceptors (Lipinski definition) is 5. The first-order valence-electron chi connectivity index (χ1n) is 5.06. The van der Waals surface area contributed by atoms with E-state index in [9.17, 15) is 4.79 Å². The van der Waals surface area contributed by atoms with Crippen LogP contribution in [0.25, 0.3) is 0 Å². The molecule has 0 saturated heterocycles. The molecule has 0 unspecified atom stereocenters. The van der Waals surface area contributed by atoms with Crippen molar-refractivity contribution in [1.82, 2.24) is 10.3 Å². The fraction of sp³-hybridized carbons (Fsp3) is 0.600. The highest BCUT2D eigenvalue weighted by molar-refractivity contribution is 5.92. The number of aryl methyl sites for hydroxylation is 2. The lowest BCUT2D eigenvalue weighted by Gasteiger charge is -2.03. The van der Waals surface area contributed by atoms with Gasteiger partial charge in [0.2, 0.25) is 5.76 Å². The number of aliphatic hydroxyl groups is 1. The Kier molecular flexibility index (Phi) is 4.94. The number of aromatic nitrogens is 1. The van der Waals surface area contributed by atoms with E-state index >= 15 is 0 Å². The zero-order valence-corrected chi connectivity index (χ0v) is 9.45. The van der Waals surface area contributed by atoms with Crippen molar-refractivity contribution in [1.29, 1.82) is 0 Å². The number of ether oxygens (including phenoxy) is 1. The van der Waals surface area contributed by atoms with Gasteiger partial charge in [-0.3, -0.25) is 4.79 Å². The summed E-state index contributed by atoms with van der Waals surface area (Å²) in [5.41, 5.74) is 0.575. The molecule has 1 rings (SSSR count). The Bertz CT molecular complexity index is 349. The summed E-state index contributed by atoms with van der Waals surface area (Å²) in [6, 6.07) is 0. The average Bonchev–Trinajstić information content (AvgIpc) is 2.57. The maximum absolute atomic E-state index is 11.6. The van der Waals surface area contributed by atoms with E-state index in [1.807, 2.05) is 0 Å². The largest absolute Gasteiger partial charge is 0.436 e. The van der Waals surface area contributed by atoms with Crippen molar-refractivity contribution in [3.63, 3.8) is 0 Å². The van der Waals surface area contributed by atoms with Crippen LogP contribution in [0.1, 0.15) is 22.1 Å². The summed E-state index contributed by atoms with van der Waals surface area (Å²) in [5.74, 6) is 0.407. The van der Waals surface area contributed by atoms with Gasteiger partial charge in [0, 0.05) is 13.5 Å². The highest BCUT2D eigenvalue weighted by Crippen LogP contribution is 2.08. The Morgan fingerprint density at radius 2 is 2.25 bits per heavy atom. The Morgan fingerprint density at radius 1 is 1.50 bits per heavy atom. The zero-order valence-electron chi connectivity index (χ0n) is 9.45. The number of oxazole rings is 1. The average molecular weight is 228 g/mol. The predicted octanol–water partition coefficient (Wildman–Crippen LogP) is 0.0301. The van der Waals surface area contributed by atoms with E-state index in [1.165, 1.54) is 0 Å². The van der Waals surface area contributed by atoms with Gasteiger partial charge < -0.3 is 19.6 Å². The fourth-order valence-corrected chi connectivity index (χ4v) is 1.23. The van der Waals surface area contributed by atoms with E-state index < -0.39 is 0 Å². The van der Waals surface area contributed by atoms with Gasteiger partial charge in [0.05, 0.1) is 25.5 Å². The summed E-state index contributed by atoms with van der Waals surface area (Å²) in [7, 11) is 0. The molecule has 1 heterocycles. The molecule has 1 aromatic heterocycles. The number of aliphatic hydroxyl groups excluding tert-OH is 1. The normalized spacial score (nSPS) is 10.4. The molecule has 6 nitrogen and oxygen atoms in total. The fourth-order valence-electron chi connectivity index (χ4n) is 1.23. The molecule has 0 fully saturated rings. The minimum Gasteiger partial charge on any atom is -0.436 e. The number of nitrogens with zero attached hydrogens (tertiary/aromatic N) is 1. The van der Waals surface area contributed by atoms with Crippen molar-refractivity contribution in [2.75, 3.05) is 26.4 Å². The van der Waals surface area contributed by atoms with Gasteiger partial charge in [0.1, 0.15) is 0 Å². The van der Waals surface area contributed by atoms with E-state index in [0.717, 1.165) is 0 Å². The number of nitrogens with one attached hydrogen (secondary N) is 1. The van der Waals surface area contributed by atoms with Crippen molar-refractivity contribution in [3.8, 4) is 0 Å². The molecule has 1 amide bonds. The highest BCUT2D eigenvalue weighted by atomic mass is 16.5. The van der Waals surface area contributed by atoms with Gasteiger partial charge >= 0.3 is 0 Å². The SMILES string of the molecule is Cc1nc(C)c(C(=O)NCCOCCO)o1. The van der Waals surface area contributed by atoms with E-state index in [0.29, 0.717) is 24.7 Å². The molecule has 0 saturated carbocycles. The smallest absolute Gasteiger partial charge is 0.289 e. The van der Waals surface area contributed by atoms with Crippen LogP contribution in [0.3, 0.4) is 0 Å². The molecule has 0 aliphatic carbocycles. The minimum absolute atomic E-state index is 0.0195. The van der Waals surface area contributed by atoms with Gasteiger partial charge in [-0.05, 0) is 6.92 Å². The highest BCUT2D eigenvalue weighted by Gasteiger charge is 2.14. The van der Waals surface area contributed by atoms with E-state index in [2.05, 4.69) is 10.3 Å². The Hall–Kier alpha value is -1.40. The van der Waals surface area contributed by atoms with Gasteiger partial charge in [-0.1, -0.05) is 0 Å². The molecule has 0 spiro atoms. The van der Waals surface area contributed by atoms with Crippen LogP contribution in [-0.4, -0.2) is 42.4 Å². The van der Waals surface area contributed by atoms with Crippen molar-refractivity contribution in [2.45, 2.75) is 13.8 Å². The maximum Gasteiger partial charge on any atom is 0.289 e. The van der Waals surface area contributed by atoms with E-state index in [-0.39, 0.29) is 24.9 Å². The van der Waals surface area contributed by atoms with Crippen molar-refractivity contribution in [2.24, 2.45) is 0 Å². The van der Waals surface area contributed by atoms with E-state index in [4.69, 9.17) is 14.3 Å². The Labute approximate surface area is 93.6 Å². The molecule has 0 atom stereocenters. The molecule has 0 aromatic carbocycles. The molecule has 0 bridgehead atoms. The van der Waals surface area contributed by atoms with Crippen LogP contribution < -0.4 is 5.32 Å². The van der Waals surface area contributed by atoms with Crippen LogP contribution in [0.2, 0.25) is 0 Å². The molecule has 16 heavy (non-hydrogen) atoms. The maximum atomic E-state index is 11.6. The van der Waals surface area contributed by atoms with Crippen molar-refractivity contribution >= 4 is 5.91 Å². The molecule has 0 aliphatic rings. The molecule has 0 aliphatic heterocycles. The molecule has 1 aromatic rings. The molecular weight excluding hydrogens is 212 g/mol. The van der Waals surface area contributed by atoms with Crippen LogP contribution in [-0.2, 0) is 4.74 Å². The predicted molar refractivity (Wildman–Crippen MR) is 56.2 cm³/mol. The first-order chi connectivity index (χ1) is 7.65. The van der Waals surface area contributed by atoms with Gasteiger partial charge in [0.15, 0.2) is 5.89 Å². The Balaban J connectivity index is 2.33. The lowest BCUT2D eigenvalue weighted by Crippen LogP contribution is -2.27. The van der Waals surface area contributed by atoms with E-state index in [1.54, 1.807) is 13.8 Å². The number of carbonyl (C=O) groups excluding carboxylic acids is 1. The standard InChI is InChI=1S/C10H16N2O4/c1-7-9(16-8(2)12-7)10(14)11-3-5-15-6-4-13/h13H,3-6H2,1-2H3,(H,11,14). The number of carbonyl (C=O) groups is 1. The van der Waals surface area contributed by atoms with Gasteiger partial charge in [-0.25, -0.2) is 4.98 Å². The lowest BCUT2D eigenvalue weighted by molar-refractivity contribution is 0.0820. The van der Waals surface area contributed by atoms with Crippen molar-refractivity contribution in [3.05, 3.63) is 17.3 Å². The second-order valence-electron chi connectivity index (χ2n) is 3.24. The first-order valence-corrected chi connectivity index (χ1v) is 5.06. The van der Waals surface area contributed by atoms with Crippen molar-refractivity contribution < 1.29 is 19.1 Å². The monoisotopic (exact) mass is 228 g/mol. The summed E-state index contributed by atoms with van der Waals surface area (Å²) in [4.78, 5) is 15.6. The second kappa shape index (κ2) is 6.24. The quantitative estimate of drug-likeness (QED) is 0.671. The van der Waals surface area contributed by atoms with Crippen LogP contribution in [0.4, 0.5) is 0 Å². The zero-order chi connectivity index (χ0) is 12.0. The van der Waals surface area contributed by atoms with Crippen LogP contribution in [0.5, 0.6) is 0 Å². The summed E-state index contributed by atoms with van der Waals surface area (Å²) in [6.45, 7) is 4.39. The summed E-state index contributed by atoms with van der Waals surface area (Å²) in [6.07, 6.45) is 0. The third-order valence-corrected chi connectivity index (χ3v) is 1.88. The molecule has 0 radical (unpaired) electrons. The van der Waals surface area contributed by atoms with Gasteiger partial charge in [0.25, 0.3) is 5.91 Å². The van der Waals surface area contributed by atoms with Crippen LogP contribution in [0, 0.1) is 13.8 Å². The minimum atomic E-state index is -0.300. The molecule has 90 valence electrons. The van der Waals surface area contributed by atoms with Crippen LogP contribution in [0.15, 0.2) is 4.42 Å². The molecule has 6 heteroatoms. The second-order valence-corrected chi connectivity index (χ2v) is 3.24. The third kappa shape index (κ3) is 3.63. The number of hydrogen-bond donors (Lipinski definition) is 2. The van der Waals surface area contributed by atoms with Crippen LogP contribution >= 0.6 is 0 Å². The summed E-state index contributed by atoms with van der Waals surface area (Å²) >= 11 is 0. The number of amides is 1. The topological polar surface area (TPSA) is 84.6 Å². The summed E-state index contributed by atoms with van der Waals surface area (Å²) in [5, 5.41) is 11.1.